The van der Waals surface area contributed by atoms with Gasteiger partial charge in [-0.25, -0.2) is 0 Å². The number of hydrogen-bond acceptors (Lipinski definition) is 3. The molecule has 0 saturated carbocycles. The number of hydrogen-bond donors (Lipinski definition) is 1. The van der Waals surface area contributed by atoms with Gasteiger partial charge in [-0.05, 0) is 44.0 Å². The van der Waals surface area contributed by atoms with Crippen LogP contribution in [0.1, 0.15) is 30.4 Å². The van der Waals surface area contributed by atoms with Gasteiger partial charge in [0, 0.05) is 19.2 Å². The Morgan fingerprint density at radius 2 is 2.22 bits per heavy atom. The zero-order valence-corrected chi connectivity index (χ0v) is 11.3. The molecule has 1 fully saturated rings. The highest BCUT2D eigenvalue weighted by Gasteiger charge is 2.19. The predicted molar refractivity (Wildman–Crippen MR) is 74.3 cm³/mol. The lowest BCUT2D eigenvalue weighted by Gasteiger charge is -2.19. The lowest BCUT2D eigenvalue weighted by molar-refractivity contribution is 0.101. The molecule has 1 aromatic rings. The van der Waals surface area contributed by atoms with Crippen LogP contribution in [0.25, 0.3) is 0 Å². The van der Waals surface area contributed by atoms with Gasteiger partial charge in [0.1, 0.15) is 0 Å². The molecule has 1 saturated heterocycles. The third kappa shape index (κ3) is 3.80. The largest absolute Gasteiger partial charge is 0.377 e. The third-order valence-electron chi connectivity index (χ3n) is 3.76. The van der Waals surface area contributed by atoms with E-state index >= 15 is 0 Å². The SMILES string of the molecule is CN1CCCC1CCOCc1cccc(CN)c1. The van der Waals surface area contributed by atoms with E-state index < -0.39 is 0 Å². The maximum atomic E-state index is 5.76. The lowest BCUT2D eigenvalue weighted by Crippen LogP contribution is -2.26. The van der Waals surface area contributed by atoms with Crippen LogP contribution < -0.4 is 5.73 Å². The normalized spacial score (nSPS) is 20.4. The topological polar surface area (TPSA) is 38.5 Å². The summed E-state index contributed by atoms with van der Waals surface area (Å²) < 4.78 is 5.76. The van der Waals surface area contributed by atoms with Crippen LogP contribution in [0.4, 0.5) is 0 Å². The molecule has 18 heavy (non-hydrogen) atoms. The number of ether oxygens (including phenoxy) is 1. The molecular weight excluding hydrogens is 224 g/mol. The van der Waals surface area contributed by atoms with Crippen molar-refractivity contribution >= 4 is 0 Å². The molecule has 1 aliphatic heterocycles. The fourth-order valence-electron chi connectivity index (χ4n) is 2.60. The van der Waals surface area contributed by atoms with Gasteiger partial charge in [-0.1, -0.05) is 24.3 Å². The Morgan fingerprint density at radius 1 is 1.39 bits per heavy atom. The van der Waals surface area contributed by atoms with E-state index in [9.17, 15) is 0 Å². The van der Waals surface area contributed by atoms with Gasteiger partial charge in [-0.15, -0.1) is 0 Å². The molecule has 0 aromatic heterocycles. The zero-order valence-electron chi connectivity index (χ0n) is 11.3. The van der Waals surface area contributed by atoms with Gasteiger partial charge in [0.05, 0.1) is 6.61 Å². The highest BCUT2D eigenvalue weighted by atomic mass is 16.5. The standard InChI is InChI=1S/C15H24N2O/c1-17-8-3-6-15(17)7-9-18-12-14-5-2-4-13(10-14)11-16/h2,4-5,10,15H,3,6-9,11-12,16H2,1H3. The van der Waals surface area contributed by atoms with Crippen LogP contribution in [-0.2, 0) is 17.9 Å². The van der Waals surface area contributed by atoms with E-state index in [1.807, 2.05) is 6.07 Å². The summed E-state index contributed by atoms with van der Waals surface area (Å²) in [5, 5.41) is 0. The van der Waals surface area contributed by atoms with E-state index in [1.54, 1.807) is 0 Å². The van der Waals surface area contributed by atoms with Crippen LogP contribution in [0.3, 0.4) is 0 Å². The summed E-state index contributed by atoms with van der Waals surface area (Å²) in [6, 6.07) is 9.05. The van der Waals surface area contributed by atoms with Gasteiger partial charge in [0.25, 0.3) is 0 Å². The Hall–Kier alpha value is -0.900. The minimum atomic E-state index is 0.598. The van der Waals surface area contributed by atoms with Crippen LogP contribution in [0.5, 0.6) is 0 Å². The van der Waals surface area contributed by atoms with Crippen molar-refractivity contribution in [3.63, 3.8) is 0 Å². The van der Waals surface area contributed by atoms with Crippen molar-refractivity contribution < 1.29 is 4.74 Å². The first-order chi connectivity index (χ1) is 8.79. The smallest absolute Gasteiger partial charge is 0.0716 e. The fraction of sp³-hybridized carbons (Fsp3) is 0.600. The Bertz CT molecular complexity index is 367. The predicted octanol–water partition coefficient (Wildman–Crippen LogP) is 2.15. The zero-order chi connectivity index (χ0) is 12.8. The first-order valence-electron chi connectivity index (χ1n) is 6.85. The molecule has 3 heteroatoms. The summed E-state index contributed by atoms with van der Waals surface area (Å²) >= 11 is 0. The summed E-state index contributed by atoms with van der Waals surface area (Å²) in [7, 11) is 2.21. The molecule has 2 rings (SSSR count). The number of nitrogens with zero attached hydrogens (tertiary/aromatic N) is 1. The van der Waals surface area contributed by atoms with Gasteiger partial charge >= 0.3 is 0 Å². The van der Waals surface area contributed by atoms with Crippen LogP contribution in [0.2, 0.25) is 0 Å². The van der Waals surface area contributed by atoms with Crippen molar-refractivity contribution in [3.05, 3.63) is 35.4 Å². The summed E-state index contributed by atoms with van der Waals surface area (Å²) in [5.74, 6) is 0. The van der Waals surface area contributed by atoms with E-state index in [0.717, 1.165) is 19.1 Å². The molecule has 1 aromatic carbocycles. The average molecular weight is 248 g/mol. The van der Waals surface area contributed by atoms with Gasteiger partial charge in [0.15, 0.2) is 0 Å². The minimum Gasteiger partial charge on any atom is -0.377 e. The van der Waals surface area contributed by atoms with Crippen LogP contribution >= 0.6 is 0 Å². The summed E-state index contributed by atoms with van der Waals surface area (Å²) in [6.07, 6.45) is 3.80. The second-order valence-electron chi connectivity index (χ2n) is 5.14. The van der Waals surface area contributed by atoms with Gasteiger partial charge in [0.2, 0.25) is 0 Å². The molecule has 0 aliphatic carbocycles. The lowest BCUT2D eigenvalue weighted by atomic mass is 10.1. The van der Waals surface area contributed by atoms with Crippen molar-refractivity contribution in [2.45, 2.75) is 38.5 Å². The number of benzene rings is 1. The number of rotatable bonds is 6. The first kappa shape index (κ1) is 13.5. The highest BCUT2D eigenvalue weighted by Crippen LogP contribution is 2.17. The van der Waals surface area contributed by atoms with E-state index in [-0.39, 0.29) is 0 Å². The van der Waals surface area contributed by atoms with Crippen molar-refractivity contribution in [2.24, 2.45) is 5.73 Å². The Labute approximate surface area is 110 Å². The van der Waals surface area contributed by atoms with Crippen LogP contribution in [0.15, 0.2) is 24.3 Å². The van der Waals surface area contributed by atoms with E-state index in [1.165, 1.54) is 30.5 Å². The molecule has 0 amide bonds. The molecule has 3 nitrogen and oxygen atoms in total. The molecule has 0 bridgehead atoms. The molecule has 100 valence electrons. The minimum absolute atomic E-state index is 0.598. The maximum Gasteiger partial charge on any atom is 0.0716 e. The van der Waals surface area contributed by atoms with E-state index in [4.69, 9.17) is 10.5 Å². The third-order valence-corrected chi connectivity index (χ3v) is 3.76. The van der Waals surface area contributed by atoms with E-state index in [0.29, 0.717) is 13.2 Å². The van der Waals surface area contributed by atoms with Crippen LogP contribution in [-0.4, -0.2) is 31.1 Å². The summed E-state index contributed by atoms with van der Waals surface area (Å²) in [6.45, 7) is 3.38. The number of nitrogens with two attached hydrogens (primary N) is 1. The fourth-order valence-corrected chi connectivity index (χ4v) is 2.60. The molecule has 0 radical (unpaired) electrons. The second-order valence-corrected chi connectivity index (χ2v) is 5.14. The molecular formula is C15H24N2O. The van der Waals surface area contributed by atoms with Crippen molar-refractivity contribution in [3.8, 4) is 0 Å². The van der Waals surface area contributed by atoms with Crippen molar-refractivity contribution in [2.75, 3.05) is 20.2 Å². The van der Waals surface area contributed by atoms with E-state index in [2.05, 4.69) is 30.1 Å². The van der Waals surface area contributed by atoms with Gasteiger partial charge < -0.3 is 15.4 Å². The maximum absolute atomic E-state index is 5.76. The Morgan fingerprint density at radius 3 is 2.94 bits per heavy atom. The van der Waals surface area contributed by atoms with Crippen molar-refractivity contribution in [1.82, 2.24) is 4.90 Å². The van der Waals surface area contributed by atoms with Crippen molar-refractivity contribution in [1.29, 1.82) is 0 Å². The average Bonchev–Trinajstić information content (AvgIpc) is 2.81. The Balaban J connectivity index is 1.68. The van der Waals surface area contributed by atoms with Gasteiger partial charge in [-0.2, -0.15) is 0 Å². The molecule has 1 heterocycles. The monoisotopic (exact) mass is 248 g/mol. The highest BCUT2D eigenvalue weighted by molar-refractivity contribution is 5.22. The quantitative estimate of drug-likeness (QED) is 0.784. The van der Waals surface area contributed by atoms with Crippen LogP contribution in [0, 0.1) is 0 Å². The molecule has 1 unspecified atom stereocenters. The second kappa shape index (κ2) is 6.88. The molecule has 1 atom stereocenters. The Kier molecular flexibility index (Phi) is 5.17. The molecule has 1 aliphatic rings. The molecule has 0 spiro atoms. The summed E-state index contributed by atoms with van der Waals surface area (Å²) in [4.78, 5) is 2.44. The first-order valence-corrected chi connectivity index (χ1v) is 6.85. The number of likely N-dealkylation sites (tertiary alicyclic amines) is 1. The molecule has 2 N–H and O–H groups in total. The summed E-state index contributed by atoms with van der Waals surface area (Å²) in [5.41, 5.74) is 8.02. The van der Waals surface area contributed by atoms with Gasteiger partial charge in [-0.3, -0.25) is 0 Å².